The highest BCUT2D eigenvalue weighted by atomic mass is 19.4. The quantitative estimate of drug-likeness (QED) is 0.350. The summed E-state index contributed by atoms with van der Waals surface area (Å²) in [6.07, 6.45) is -0.289. The number of hydrogen-bond acceptors (Lipinski definition) is 8. The van der Waals surface area contributed by atoms with Crippen LogP contribution in [0.3, 0.4) is 0 Å². The van der Waals surface area contributed by atoms with Crippen LogP contribution in [0.25, 0.3) is 0 Å². The number of amides is 1. The van der Waals surface area contributed by atoms with Gasteiger partial charge in [0.2, 0.25) is 5.95 Å². The topological polar surface area (TPSA) is 104 Å². The number of benzene rings is 1. The van der Waals surface area contributed by atoms with Gasteiger partial charge in [-0.05, 0) is 55.4 Å². The zero-order valence-corrected chi connectivity index (χ0v) is 20.1. The molecule has 4 rings (SSSR count). The lowest BCUT2D eigenvalue weighted by atomic mass is 10.2. The Morgan fingerprint density at radius 3 is 2.54 bits per heavy atom. The van der Waals surface area contributed by atoms with Crippen LogP contribution in [0.4, 0.5) is 30.6 Å². The maximum atomic E-state index is 12.8. The molecule has 0 unspecified atom stereocenters. The number of morpholine rings is 1. The first-order chi connectivity index (χ1) is 17.9. The monoisotopic (exact) mass is 515 g/mol. The van der Waals surface area contributed by atoms with Gasteiger partial charge < -0.3 is 20.7 Å². The van der Waals surface area contributed by atoms with Crippen LogP contribution >= 0.6 is 0 Å². The number of carbonyl (C=O) groups excluding carboxylic acids is 1. The Bertz CT molecular complexity index is 1170. The van der Waals surface area contributed by atoms with Gasteiger partial charge in [0.1, 0.15) is 5.82 Å². The van der Waals surface area contributed by atoms with Crippen molar-refractivity contribution in [2.75, 3.05) is 55.3 Å². The summed E-state index contributed by atoms with van der Waals surface area (Å²) in [7, 11) is 0. The largest absolute Gasteiger partial charge is 0.416 e. The first kappa shape index (κ1) is 26.3. The van der Waals surface area contributed by atoms with Crippen LogP contribution < -0.4 is 16.0 Å². The zero-order chi connectivity index (χ0) is 26.1. The van der Waals surface area contributed by atoms with Gasteiger partial charge in [-0.3, -0.25) is 9.69 Å². The van der Waals surface area contributed by atoms with Crippen molar-refractivity contribution in [3.8, 4) is 0 Å². The zero-order valence-electron chi connectivity index (χ0n) is 20.1. The second-order valence-corrected chi connectivity index (χ2v) is 8.39. The average molecular weight is 516 g/mol. The van der Waals surface area contributed by atoms with Crippen molar-refractivity contribution in [3.05, 3.63) is 71.7 Å². The lowest BCUT2D eigenvalue weighted by molar-refractivity contribution is -0.137. The fraction of sp³-hybridized carbons (Fsp3) is 0.360. The molecule has 1 fully saturated rings. The molecule has 1 aliphatic rings. The van der Waals surface area contributed by atoms with Gasteiger partial charge >= 0.3 is 6.18 Å². The fourth-order valence-electron chi connectivity index (χ4n) is 3.75. The number of carbonyl (C=O) groups is 1. The molecule has 0 saturated carbocycles. The van der Waals surface area contributed by atoms with Crippen molar-refractivity contribution in [1.82, 2.24) is 19.9 Å². The summed E-state index contributed by atoms with van der Waals surface area (Å²) in [5.74, 6) is 0.341. The van der Waals surface area contributed by atoms with Crippen molar-refractivity contribution >= 4 is 23.4 Å². The van der Waals surface area contributed by atoms with E-state index in [1.807, 2.05) is 0 Å². The molecule has 3 aromatic rings. The number of aromatic nitrogens is 3. The van der Waals surface area contributed by atoms with E-state index in [9.17, 15) is 18.0 Å². The van der Waals surface area contributed by atoms with Crippen molar-refractivity contribution in [1.29, 1.82) is 0 Å². The molecule has 1 saturated heterocycles. The third kappa shape index (κ3) is 7.86. The van der Waals surface area contributed by atoms with Crippen LogP contribution in [0.2, 0.25) is 0 Å². The number of hydrogen-bond donors (Lipinski definition) is 3. The third-order valence-corrected chi connectivity index (χ3v) is 5.71. The standard InChI is InChI=1S/C25H28F3N7O2/c26-25(27,28)18-4-6-19(7-5-18)33-23(36)21-3-1-9-29-22(21)32-17-20-8-11-31-24(34-20)30-10-2-12-35-13-15-37-16-14-35/h1,3-9,11H,2,10,12-17H2,(H,29,32)(H,33,36)(H,30,31,34). The van der Waals surface area contributed by atoms with Crippen molar-refractivity contribution in [2.45, 2.75) is 19.1 Å². The number of nitrogens with zero attached hydrogens (tertiary/aromatic N) is 4. The number of halogens is 3. The average Bonchev–Trinajstić information content (AvgIpc) is 2.91. The molecule has 1 aliphatic heterocycles. The van der Waals surface area contributed by atoms with Gasteiger partial charge in [0.25, 0.3) is 5.91 Å². The predicted octanol–water partition coefficient (Wildman–Crippen LogP) is 3.89. The highest BCUT2D eigenvalue weighted by Gasteiger charge is 2.30. The molecular formula is C25H28F3N7O2. The summed E-state index contributed by atoms with van der Waals surface area (Å²) < 4.78 is 43.7. The minimum Gasteiger partial charge on any atom is -0.379 e. The Hall–Kier alpha value is -3.77. The van der Waals surface area contributed by atoms with Gasteiger partial charge in [0.05, 0.1) is 36.6 Å². The van der Waals surface area contributed by atoms with Crippen molar-refractivity contribution in [3.63, 3.8) is 0 Å². The van der Waals surface area contributed by atoms with E-state index in [1.54, 1.807) is 30.6 Å². The normalized spacial score (nSPS) is 14.2. The van der Waals surface area contributed by atoms with Crippen LogP contribution in [0.15, 0.2) is 54.9 Å². The molecule has 1 amide bonds. The predicted molar refractivity (Wildman–Crippen MR) is 133 cm³/mol. The second kappa shape index (κ2) is 12.5. The minimum atomic E-state index is -4.44. The summed E-state index contributed by atoms with van der Waals surface area (Å²) in [4.78, 5) is 28.1. The summed E-state index contributed by atoms with van der Waals surface area (Å²) in [6, 6.07) is 9.20. The lowest BCUT2D eigenvalue weighted by Crippen LogP contribution is -2.37. The molecule has 9 nitrogen and oxygen atoms in total. The van der Waals surface area contributed by atoms with Gasteiger partial charge in [0, 0.05) is 37.7 Å². The SMILES string of the molecule is O=C(Nc1ccc(C(F)(F)F)cc1)c1cccnc1NCc1ccnc(NCCCN2CCOCC2)n1. The van der Waals surface area contributed by atoms with Gasteiger partial charge in [0.15, 0.2) is 0 Å². The van der Waals surface area contributed by atoms with E-state index in [0.717, 1.165) is 57.9 Å². The smallest absolute Gasteiger partial charge is 0.379 e. The van der Waals surface area contributed by atoms with Crippen LogP contribution in [-0.4, -0.2) is 65.2 Å². The van der Waals surface area contributed by atoms with Gasteiger partial charge in [-0.1, -0.05) is 0 Å². The van der Waals surface area contributed by atoms with Crippen LogP contribution in [0.5, 0.6) is 0 Å². The number of nitrogens with one attached hydrogen (secondary N) is 3. The number of anilines is 3. The van der Waals surface area contributed by atoms with Crippen LogP contribution in [-0.2, 0) is 17.5 Å². The molecule has 1 aromatic carbocycles. The maximum Gasteiger partial charge on any atom is 0.416 e. The molecule has 0 atom stereocenters. The van der Waals surface area contributed by atoms with Gasteiger partial charge in [-0.2, -0.15) is 13.2 Å². The maximum absolute atomic E-state index is 12.8. The molecule has 3 heterocycles. The number of alkyl halides is 3. The summed E-state index contributed by atoms with van der Waals surface area (Å²) in [5.41, 5.74) is 0.404. The Kier molecular flexibility index (Phi) is 8.86. The van der Waals surface area contributed by atoms with Crippen molar-refractivity contribution < 1.29 is 22.7 Å². The van der Waals surface area contributed by atoms with E-state index >= 15 is 0 Å². The van der Waals surface area contributed by atoms with Crippen LogP contribution in [0.1, 0.15) is 28.0 Å². The molecule has 0 radical (unpaired) electrons. The van der Waals surface area contributed by atoms with Crippen molar-refractivity contribution in [2.24, 2.45) is 0 Å². The molecule has 12 heteroatoms. The number of rotatable bonds is 10. The van der Waals surface area contributed by atoms with E-state index in [2.05, 4.69) is 35.8 Å². The molecule has 37 heavy (non-hydrogen) atoms. The molecule has 0 aliphatic carbocycles. The summed E-state index contributed by atoms with van der Waals surface area (Å²) in [5, 5.41) is 8.94. The highest BCUT2D eigenvalue weighted by molar-refractivity contribution is 6.07. The van der Waals surface area contributed by atoms with Crippen LogP contribution in [0, 0.1) is 0 Å². The van der Waals surface area contributed by atoms with Gasteiger partial charge in [-0.25, -0.2) is 15.0 Å². The van der Waals surface area contributed by atoms with E-state index in [-0.39, 0.29) is 11.3 Å². The van der Waals surface area contributed by atoms with E-state index in [0.29, 0.717) is 24.0 Å². The van der Waals surface area contributed by atoms with E-state index in [1.165, 1.54) is 12.1 Å². The van der Waals surface area contributed by atoms with E-state index in [4.69, 9.17) is 4.74 Å². The highest BCUT2D eigenvalue weighted by Crippen LogP contribution is 2.30. The number of pyridine rings is 1. The Morgan fingerprint density at radius 1 is 1.00 bits per heavy atom. The minimum absolute atomic E-state index is 0.243. The third-order valence-electron chi connectivity index (χ3n) is 5.71. The molecule has 0 spiro atoms. The summed E-state index contributed by atoms with van der Waals surface area (Å²) in [6.45, 7) is 5.48. The van der Waals surface area contributed by atoms with Gasteiger partial charge in [-0.15, -0.1) is 0 Å². The molecule has 3 N–H and O–H groups in total. The second-order valence-electron chi connectivity index (χ2n) is 8.39. The first-order valence-electron chi connectivity index (χ1n) is 11.9. The summed E-state index contributed by atoms with van der Waals surface area (Å²) >= 11 is 0. The first-order valence-corrected chi connectivity index (χ1v) is 11.9. The molecule has 196 valence electrons. The Balaban J connectivity index is 1.30. The molecule has 0 bridgehead atoms. The fourth-order valence-corrected chi connectivity index (χ4v) is 3.75. The molecular weight excluding hydrogens is 487 g/mol. The Labute approximate surface area is 212 Å². The number of ether oxygens (including phenoxy) is 1. The molecule has 2 aromatic heterocycles. The Morgan fingerprint density at radius 2 is 1.78 bits per heavy atom. The van der Waals surface area contributed by atoms with E-state index < -0.39 is 17.6 Å². The lowest BCUT2D eigenvalue weighted by Gasteiger charge is -2.26.